The Balaban J connectivity index is 1.64. The number of hydrogen-bond donors (Lipinski definition) is 3. The van der Waals surface area contributed by atoms with Crippen LogP contribution in [-0.4, -0.2) is 34.6 Å². The van der Waals surface area contributed by atoms with E-state index in [0.717, 1.165) is 0 Å². The minimum absolute atomic E-state index is 0.0000843. The Kier molecular flexibility index (Phi) is 5.48. The van der Waals surface area contributed by atoms with Crippen molar-refractivity contribution in [2.24, 2.45) is 10.2 Å². The van der Waals surface area contributed by atoms with E-state index in [1.54, 1.807) is 30.3 Å². The van der Waals surface area contributed by atoms with Gasteiger partial charge in [-0.15, -0.1) is 5.11 Å². The molecule has 0 unspecified atom stereocenters. The molecular formula is C21H15N5O5S. The van der Waals surface area contributed by atoms with Gasteiger partial charge in [0.1, 0.15) is 11.3 Å². The number of rotatable bonds is 6. The van der Waals surface area contributed by atoms with Crippen molar-refractivity contribution in [1.29, 1.82) is 0 Å². The van der Waals surface area contributed by atoms with Crippen LogP contribution in [0.15, 0.2) is 88.2 Å². The van der Waals surface area contributed by atoms with Crippen LogP contribution in [0.25, 0.3) is 10.8 Å². The Bertz CT molecular complexity index is 1440. The first-order valence-electron chi connectivity index (χ1n) is 9.15. The fraction of sp³-hybridized carbons (Fsp3) is 0. The van der Waals surface area contributed by atoms with E-state index in [4.69, 9.17) is 0 Å². The van der Waals surface area contributed by atoms with E-state index in [1.165, 1.54) is 42.7 Å². The van der Waals surface area contributed by atoms with Gasteiger partial charge in [-0.25, -0.2) is 27.9 Å². The van der Waals surface area contributed by atoms with Gasteiger partial charge in [0.05, 0.1) is 10.6 Å². The van der Waals surface area contributed by atoms with Crippen LogP contribution in [0.2, 0.25) is 0 Å². The lowest BCUT2D eigenvalue weighted by Gasteiger charge is -2.08. The number of phenols is 1. The van der Waals surface area contributed by atoms with Gasteiger partial charge in [0.2, 0.25) is 5.95 Å². The van der Waals surface area contributed by atoms with Crippen LogP contribution in [0.5, 0.6) is 5.75 Å². The maximum absolute atomic E-state index is 12.5. The van der Waals surface area contributed by atoms with Gasteiger partial charge in [-0.1, -0.05) is 24.3 Å². The maximum atomic E-state index is 12.5. The summed E-state index contributed by atoms with van der Waals surface area (Å²) in [5.41, 5.74) is -0.00231. The quantitative estimate of drug-likeness (QED) is 0.372. The molecule has 0 spiro atoms. The number of azo groups is 1. The molecule has 0 aliphatic carbocycles. The molecule has 3 aromatic carbocycles. The first kappa shape index (κ1) is 20.9. The molecule has 160 valence electrons. The van der Waals surface area contributed by atoms with Crippen LogP contribution in [0.1, 0.15) is 10.4 Å². The molecule has 0 saturated heterocycles. The van der Waals surface area contributed by atoms with Crippen molar-refractivity contribution in [2.45, 2.75) is 4.90 Å². The number of hydrogen-bond acceptors (Lipinski definition) is 8. The Labute approximate surface area is 182 Å². The van der Waals surface area contributed by atoms with E-state index >= 15 is 0 Å². The van der Waals surface area contributed by atoms with Crippen molar-refractivity contribution in [3.63, 3.8) is 0 Å². The summed E-state index contributed by atoms with van der Waals surface area (Å²) in [4.78, 5) is 19.1. The number of benzene rings is 3. The van der Waals surface area contributed by atoms with Crippen LogP contribution in [0.4, 0.5) is 17.3 Å². The minimum Gasteiger partial charge on any atom is -0.505 e. The highest BCUT2D eigenvalue weighted by atomic mass is 32.2. The van der Waals surface area contributed by atoms with Gasteiger partial charge in [-0.3, -0.25) is 0 Å². The van der Waals surface area contributed by atoms with Crippen molar-refractivity contribution < 1.29 is 23.4 Å². The Morgan fingerprint density at radius 3 is 2.31 bits per heavy atom. The molecule has 32 heavy (non-hydrogen) atoms. The summed E-state index contributed by atoms with van der Waals surface area (Å²) in [7, 11) is -3.90. The van der Waals surface area contributed by atoms with Gasteiger partial charge in [0.15, 0.2) is 5.75 Å². The van der Waals surface area contributed by atoms with Crippen molar-refractivity contribution in [2.75, 3.05) is 4.72 Å². The summed E-state index contributed by atoms with van der Waals surface area (Å²) in [6.07, 6.45) is 2.82. The molecule has 3 N–H and O–H groups in total. The highest BCUT2D eigenvalue weighted by Gasteiger charge is 2.18. The van der Waals surface area contributed by atoms with Gasteiger partial charge >= 0.3 is 5.97 Å². The van der Waals surface area contributed by atoms with Crippen LogP contribution in [0, 0.1) is 0 Å². The first-order valence-corrected chi connectivity index (χ1v) is 10.6. The number of anilines is 1. The van der Waals surface area contributed by atoms with E-state index < -0.39 is 21.7 Å². The highest BCUT2D eigenvalue weighted by Crippen LogP contribution is 2.39. The highest BCUT2D eigenvalue weighted by molar-refractivity contribution is 7.92. The molecule has 10 nitrogen and oxygen atoms in total. The van der Waals surface area contributed by atoms with Gasteiger partial charge in [0, 0.05) is 17.8 Å². The molecule has 11 heteroatoms. The number of carbonyl (C=O) groups is 1. The molecule has 0 atom stereocenters. The third kappa shape index (κ3) is 4.23. The second-order valence-corrected chi connectivity index (χ2v) is 8.20. The van der Waals surface area contributed by atoms with Crippen molar-refractivity contribution in [3.8, 4) is 5.75 Å². The fourth-order valence-electron chi connectivity index (χ4n) is 2.91. The van der Waals surface area contributed by atoms with Gasteiger partial charge < -0.3 is 10.2 Å². The van der Waals surface area contributed by atoms with E-state index in [2.05, 4.69) is 24.9 Å². The number of carboxylic acids is 1. The lowest BCUT2D eigenvalue weighted by atomic mass is 10.0. The predicted molar refractivity (Wildman–Crippen MR) is 116 cm³/mol. The third-order valence-corrected chi connectivity index (χ3v) is 5.77. The normalized spacial score (nSPS) is 11.6. The number of carboxylic acid groups (broad SMARTS) is 1. The Hall–Kier alpha value is -4.38. The molecule has 1 heterocycles. The Morgan fingerprint density at radius 1 is 0.938 bits per heavy atom. The topological polar surface area (TPSA) is 154 Å². The van der Waals surface area contributed by atoms with Crippen LogP contribution < -0.4 is 4.72 Å². The molecule has 1 aromatic heterocycles. The van der Waals surface area contributed by atoms with Crippen LogP contribution in [0.3, 0.4) is 0 Å². The number of aromatic nitrogens is 2. The second kappa shape index (κ2) is 8.40. The molecule has 0 aliphatic heterocycles. The molecule has 0 amide bonds. The summed E-state index contributed by atoms with van der Waals surface area (Å²) < 4.78 is 27.2. The number of nitrogens with zero attached hydrogens (tertiary/aromatic N) is 4. The number of nitrogens with one attached hydrogen (secondary N) is 1. The first-order chi connectivity index (χ1) is 15.3. The van der Waals surface area contributed by atoms with Crippen molar-refractivity contribution in [1.82, 2.24) is 9.97 Å². The summed E-state index contributed by atoms with van der Waals surface area (Å²) in [6.45, 7) is 0. The minimum atomic E-state index is -3.90. The average molecular weight is 449 g/mol. The van der Waals surface area contributed by atoms with Crippen LogP contribution >= 0.6 is 0 Å². The second-order valence-electron chi connectivity index (χ2n) is 6.52. The smallest absolute Gasteiger partial charge is 0.339 e. The van der Waals surface area contributed by atoms with E-state index in [0.29, 0.717) is 16.5 Å². The molecular weight excluding hydrogens is 434 g/mol. The summed E-state index contributed by atoms with van der Waals surface area (Å²) in [6, 6.07) is 15.3. The van der Waals surface area contributed by atoms with E-state index in [9.17, 15) is 23.4 Å². The SMILES string of the molecule is O=C(O)c1cc2ccccc2c(N=Nc2ccc(S(=O)(=O)Nc3ncccn3)cc2)c1O. The standard InChI is InChI=1S/C21H15N5O5S/c27-19-17(20(28)29)12-13-4-1-2-5-16(13)18(19)25-24-14-6-8-15(9-7-14)32(30,31)26-21-22-10-3-11-23-21/h1-12,27H,(H,28,29)(H,22,23,26). The molecule has 0 saturated carbocycles. The van der Waals surface area contributed by atoms with Crippen molar-refractivity contribution in [3.05, 3.63) is 78.6 Å². The number of fused-ring (bicyclic) bond motifs is 1. The molecule has 4 rings (SSSR count). The zero-order chi connectivity index (χ0) is 22.7. The third-order valence-electron chi connectivity index (χ3n) is 4.43. The molecule has 4 aromatic rings. The average Bonchev–Trinajstić information content (AvgIpc) is 2.78. The van der Waals surface area contributed by atoms with Gasteiger partial charge in [-0.05, 0) is 41.8 Å². The van der Waals surface area contributed by atoms with Crippen molar-refractivity contribution >= 4 is 44.1 Å². The summed E-state index contributed by atoms with van der Waals surface area (Å²) in [5, 5.41) is 28.9. The number of aromatic hydroxyl groups is 1. The molecule has 0 radical (unpaired) electrons. The van der Waals surface area contributed by atoms with Gasteiger partial charge in [-0.2, -0.15) is 5.11 Å². The molecule has 0 fully saturated rings. The number of sulfonamides is 1. The van der Waals surface area contributed by atoms with E-state index in [1.807, 2.05) is 0 Å². The zero-order valence-corrected chi connectivity index (χ0v) is 17.1. The molecule has 0 aliphatic rings. The predicted octanol–water partition coefficient (Wildman–Crippen LogP) is 4.25. The lowest BCUT2D eigenvalue weighted by molar-refractivity contribution is 0.0694. The van der Waals surface area contributed by atoms with E-state index in [-0.39, 0.29) is 22.1 Å². The lowest BCUT2D eigenvalue weighted by Crippen LogP contribution is -2.14. The van der Waals surface area contributed by atoms with Crippen LogP contribution in [-0.2, 0) is 10.0 Å². The Morgan fingerprint density at radius 2 is 1.62 bits per heavy atom. The van der Waals surface area contributed by atoms with Gasteiger partial charge in [0.25, 0.3) is 10.0 Å². The zero-order valence-electron chi connectivity index (χ0n) is 16.2. The summed E-state index contributed by atoms with van der Waals surface area (Å²) >= 11 is 0. The summed E-state index contributed by atoms with van der Waals surface area (Å²) in [5.74, 6) is -1.86. The monoisotopic (exact) mass is 449 g/mol. The number of aromatic carboxylic acids is 1. The molecule has 0 bridgehead atoms. The maximum Gasteiger partial charge on any atom is 0.339 e. The fourth-order valence-corrected chi connectivity index (χ4v) is 3.87. The largest absolute Gasteiger partial charge is 0.505 e.